The average Bonchev–Trinajstić information content (AvgIpc) is 3.46. The molecule has 3 heterocycles. The van der Waals surface area contributed by atoms with E-state index in [1.807, 2.05) is 48.2 Å². The van der Waals surface area contributed by atoms with Gasteiger partial charge in [-0.05, 0) is 73.9 Å². The second-order valence-electron chi connectivity index (χ2n) is 10.3. The topological polar surface area (TPSA) is 95.1 Å². The molecule has 3 N–H and O–H groups in total. The Morgan fingerprint density at radius 3 is 2.64 bits per heavy atom. The van der Waals surface area contributed by atoms with Crippen LogP contribution in [0.15, 0.2) is 60.7 Å². The maximum absolute atomic E-state index is 13.6. The summed E-state index contributed by atoms with van der Waals surface area (Å²) >= 11 is 0. The van der Waals surface area contributed by atoms with Gasteiger partial charge in [-0.1, -0.05) is 25.0 Å². The van der Waals surface area contributed by atoms with Crippen LogP contribution in [0.1, 0.15) is 31.2 Å². The van der Waals surface area contributed by atoms with Crippen molar-refractivity contribution in [2.75, 3.05) is 35.2 Å². The number of halogens is 1. The van der Waals surface area contributed by atoms with Crippen LogP contribution >= 0.6 is 0 Å². The molecule has 2 aromatic carbocycles. The summed E-state index contributed by atoms with van der Waals surface area (Å²) in [6, 6.07) is 17.7. The quantitative estimate of drug-likeness (QED) is 0.329. The van der Waals surface area contributed by atoms with Gasteiger partial charge in [-0.2, -0.15) is 4.98 Å². The summed E-state index contributed by atoms with van der Waals surface area (Å²) in [6.07, 6.45) is 4.57. The van der Waals surface area contributed by atoms with Gasteiger partial charge in [-0.3, -0.25) is 4.79 Å². The van der Waals surface area contributed by atoms with Crippen LogP contribution in [0.4, 0.5) is 21.8 Å². The van der Waals surface area contributed by atoms with E-state index in [0.717, 1.165) is 29.7 Å². The first-order chi connectivity index (χ1) is 19.0. The van der Waals surface area contributed by atoms with Gasteiger partial charge < -0.3 is 20.9 Å². The number of hydrogen-bond donors (Lipinski definition) is 3. The van der Waals surface area contributed by atoms with E-state index in [2.05, 4.69) is 16.0 Å². The molecule has 4 aromatic rings. The highest BCUT2D eigenvalue weighted by Gasteiger charge is 2.32. The molecule has 1 unspecified atom stereocenters. The third-order valence-corrected chi connectivity index (χ3v) is 7.46. The fourth-order valence-corrected chi connectivity index (χ4v) is 5.44. The van der Waals surface area contributed by atoms with E-state index < -0.39 is 6.04 Å². The minimum Gasteiger partial charge on any atom is -0.351 e. The van der Waals surface area contributed by atoms with Gasteiger partial charge in [-0.15, -0.1) is 0 Å². The molecule has 1 aliphatic carbocycles. The van der Waals surface area contributed by atoms with Crippen LogP contribution in [0.3, 0.4) is 0 Å². The number of benzene rings is 2. The Morgan fingerprint density at radius 2 is 1.85 bits per heavy atom. The molecule has 2 aromatic heterocycles. The number of rotatable bonds is 6. The molecular formula is C30H32FN7O. The number of carbonyl (C=O) groups excluding carboxylic acids is 1. The number of pyridine rings is 1. The second-order valence-corrected chi connectivity index (χ2v) is 10.3. The van der Waals surface area contributed by atoms with Crippen LogP contribution in [0, 0.1) is 12.7 Å². The largest absolute Gasteiger partial charge is 0.351 e. The molecule has 0 spiro atoms. The molecule has 1 atom stereocenters. The highest BCUT2D eigenvalue weighted by molar-refractivity contribution is 5.99. The standard InChI is InChI=1S/C30H32FN7O/c1-19-5-4-8-23(17-19)33-29(39)26-18-32-15-16-38(26)28-27-25(36-30(37-28)34-22-6-2-3-7-22)14-13-24(35-27)20-9-11-21(31)12-10-20/h4-5,8-14,17,22,26,32H,2-3,6-7,15-16,18H2,1H3,(H,33,39)(H,34,36,37). The minimum atomic E-state index is -0.493. The first kappa shape index (κ1) is 25.2. The van der Waals surface area contributed by atoms with E-state index in [-0.39, 0.29) is 11.7 Å². The summed E-state index contributed by atoms with van der Waals surface area (Å²) in [5.74, 6) is 0.765. The third kappa shape index (κ3) is 5.54. The molecule has 1 aliphatic heterocycles. The van der Waals surface area contributed by atoms with Crippen LogP contribution in [-0.4, -0.2) is 52.6 Å². The van der Waals surface area contributed by atoms with E-state index in [1.54, 1.807) is 12.1 Å². The zero-order valence-corrected chi connectivity index (χ0v) is 22.0. The molecular weight excluding hydrogens is 493 g/mol. The number of hydrogen-bond acceptors (Lipinski definition) is 7. The molecule has 1 saturated heterocycles. The normalized spacial score (nSPS) is 17.9. The molecule has 8 nitrogen and oxygen atoms in total. The van der Waals surface area contributed by atoms with Crippen molar-refractivity contribution in [3.63, 3.8) is 0 Å². The van der Waals surface area contributed by atoms with Crippen LogP contribution in [-0.2, 0) is 4.79 Å². The number of piperazine rings is 1. The van der Waals surface area contributed by atoms with Gasteiger partial charge in [0.15, 0.2) is 5.82 Å². The van der Waals surface area contributed by atoms with Gasteiger partial charge in [0, 0.05) is 36.9 Å². The van der Waals surface area contributed by atoms with Crippen molar-refractivity contribution in [2.24, 2.45) is 0 Å². The molecule has 1 saturated carbocycles. The molecule has 0 bridgehead atoms. The Balaban J connectivity index is 1.41. The van der Waals surface area contributed by atoms with Crippen molar-refractivity contribution in [1.29, 1.82) is 0 Å². The lowest BCUT2D eigenvalue weighted by Gasteiger charge is -2.36. The lowest BCUT2D eigenvalue weighted by atomic mass is 10.1. The van der Waals surface area contributed by atoms with Crippen LogP contribution in [0.5, 0.6) is 0 Å². The third-order valence-electron chi connectivity index (χ3n) is 7.46. The predicted molar refractivity (Wildman–Crippen MR) is 152 cm³/mol. The number of aromatic nitrogens is 3. The lowest BCUT2D eigenvalue weighted by molar-refractivity contribution is -0.117. The van der Waals surface area contributed by atoms with E-state index >= 15 is 0 Å². The Labute approximate surface area is 227 Å². The van der Waals surface area contributed by atoms with Gasteiger partial charge in [-0.25, -0.2) is 14.4 Å². The Morgan fingerprint density at radius 1 is 1.03 bits per heavy atom. The monoisotopic (exact) mass is 525 g/mol. The van der Waals surface area contributed by atoms with Crippen molar-refractivity contribution in [2.45, 2.75) is 44.7 Å². The Hall–Kier alpha value is -4.11. The van der Waals surface area contributed by atoms with Crippen molar-refractivity contribution in [3.8, 4) is 11.3 Å². The highest BCUT2D eigenvalue weighted by Crippen LogP contribution is 2.30. The smallest absolute Gasteiger partial charge is 0.248 e. The fourth-order valence-electron chi connectivity index (χ4n) is 5.44. The number of nitrogens with zero attached hydrogens (tertiary/aromatic N) is 4. The Kier molecular flexibility index (Phi) is 7.06. The van der Waals surface area contributed by atoms with Gasteiger partial charge in [0.05, 0.1) is 11.2 Å². The zero-order valence-electron chi connectivity index (χ0n) is 22.0. The molecule has 39 heavy (non-hydrogen) atoms. The molecule has 2 fully saturated rings. The van der Waals surface area contributed by atoms with Gasteiger partial charge in [0.25, 0.3) is 0 Å². The van der Waals surface area contributed by atoms with Crippen LogP contribution in [0.25, 0.3) is 22.3 Å². The number of fused-ring (bicyclic) bond motifs is 1. The molecule has 0 radical (unpaired) electrons. The van der Waals surface area contributed by atoms with Gasteiger partial charge >= 0.3 is 0 Å². The molecule has 2 aliphatic rings. The van der Waals surface area contributed by atoms with Crippen molar-refractivity contribution < 1.29 is 9.18 Å². The summed E-state index contributed by atoms with van der Waals surface area (Å²) in [6.45, 7) is 3.78. The number of nitrogens with one attached hydrogen (secondary N) is 3. The summed E-state index contributed by atoms with van der Waals surface area (Å²) < 4.78 is 13.6. The maximum atomic E-state index is 13.6. The summed E-state index contributed by atoms with van der Waals surface area (Å²) in [5, 5.41) is 9.96. The Bertz CT molecular complexity index is 1490. The average molecular weight is 526 g/mol. The molecule has 6 rings (SSSR count). The SMILES string of the molecule is Cc1cccc(NC(=O)C2CNCCN2c2nc(NC3CCCC3)nc3ccc(-c4ccc(F)cc4)nc23)c1. The first-order valence-electron chi connectivity index (χ1n) is 13.6. The van der Waals surface area contributed by atoms with Crippen molar-refractivity contribution in [3.05, 3.63) is 72.0 Å². The second kappa shape index (κ2) is 10.9. The summed E-state index contributed by atoms with van der Waals surface area (Å²) in [7, 11) is 0. The molecule has 9 heteroatoms. The zero-order chi connectivity index (χ0) is 26.8. The fraction of sp³-hybridized carbons (Fsp3) is 0.333. The summed E-state index contributed by atoms with van der Waals surface area (Å²) in [5.41, 5.74) is 4.64. The van der Waals surface area contributed by atoms with Gasteiger partial charge in [0.2, 0.25) is 11.9 Å². The number of amides is 1. The van der Waals surface area contributed by atoms with E-state index in [4.69, 9.17) is 15.0 Å². The van der Waals surface area contributed by atoms with Gasteiger partial charge in [0.1, 0.15) is 17.4 Å². The van der Waals surface area contributed by atoms with E-state index in [1.165, 1.54) is 25.0 Å². The van der Waals surface area contributed by atoms with E-state index in [0.29, 0.717) is 54.2 Å². The molecule has 200 valence electrons. The lowest BCUT2D eigenvalue weighted by Crippen LogP contribution is -2.57. The van der Waals surface area contributed by atoms with Crippen LogP contribution in [0.2, 0.25) is 0 Å². The summed E-state index contributed by atoms with van der Waals surface area (Å²) in [4.78, 5) is 30.3. The highest BCUT2D eigenvalue weighted by atomic mass is 19.1. The number of carbonyl (C=O) groups is 1. The predicted octanol–water partition coefficient (Wildman–Crippen LogP) is 4.91. The number of anilines is 3. The first-order valence-corrected chi connectivity index (χ1v) is 13.6. The van der Waals surface area contributed by atoms with Crippen LogP contribution < -0.4 is 20.9 Å². The van der Waals surface area contributed by atoms with E-state index in [9.17, 15) is 9.18 Å². The number of aryl methyl sites for hydroxylation is 1. The van der Waals surface area contributed by atoms with Crippen molar-refractivity contribution in [1.82, 2.24) is 20.3 Å². The maximum Gasteiger partial charge on any atom is 0.248 e. The molecule has 1 amide bonds. The van der Waals surface area contributed by atoms with Crippen molar-refractivity contribution >= 4 is 34.4 Å². The minimum absolute atomic E-state index is 0.112.